The van der Waals surface area contributed by atoms with Crippen molar-refractivity contribution >= 4 is 23.2 Å². The minimum Gasteiger partial charge on any atom is -0.386 e. The second kappa shape index (κ2) is 8.87. The topological polar surface area (TPSA) is 0 Å². The third kappa shape index (κ3) is 11.4. The first-order valence-electron chi connectivity index (χ1n) is 0.696. The number of rotatable bonds is 0. The molecule has 0 bridgehead atoms. The van der Waals surface area contributed by atoms with E-state index in [1.54, 1.807) is 0 Å². The van der Waals surface area contributed by atoms with Crippen molar-refractivity contribution in [2.45, 2.75) is 0 Å². The van der Waals surface area contributed by atoms with Crippen LogP contribution in [0.2, 0.25) is 0 Å². The van der Waals surface area contributed by atoms with E-state index in [2.05, 4.69) is 0 Å². The second-order valence-electron chi connectivity index (χ2n) is 0.218. The van der Waals surface area contributed by atoms with Gasteiger partial charge in [-0.05, 0) is 0 Å². The van der Waals surface area contributed by atoms with Gasteiger partial charge in [0.2, 0.25) is 0 Å². The van der Waals surface area contributed by atoms with Crippen LogP contribution in [0.1, 0.15) is 0 Å². The molecule has 0 aliphatic carbocycles. The minimum absolute atomic E-state index is 0. The van der Waals surface area contributed by atoms with Gasteiger partial charge in [-0.1, -0.05) is 0 Å². The van der Waals surface area contributed by atoms with Gasteiger partial charge in [-0.3, -0.25) is 0 Å². The fraction of sp³-hybridized carbons (Fsp3) is 0. The Morgan fingerprint density at radius 2 is 1.80 bits per heavy atom. The standard InChI is InChI=1S/C2HCl2.Li/c3-1-2-4;/h1H;/q-1;+1. The summed E-state index contributed by atoms with van der Waals surface area (Å²) in [6, 6.07) is 0. The first-order chi connectivity index (χ1) is 1.91. The molecule has 0 nitrogen and oxygen atoms in total. The molecular formula is C2HCl2Li. The van der Waals surface area contributed by atoms with Crippen LogP contribution >= 0.6 is 23.2 Å². The van der Waals surface area contributed by atoms with E-state index < -0.39 is 0 Å². The molecule has 0 aliphatic heterocycles. The van der Waals surface area contributed by atoms with E-state index in [1.807, 2.05) is 5.54 Å². The number of hydrogen-bond acceptors (Lipinski definition) is 0. The van der Waals surface area contributed by atoms with E-state index >= 15 is 0 Å². The molecule has 0 aromatic rings. The van der Waals surface area contributed by atoms with Crippen LogP contribution in [0.15, 0.2) is 5.54 Å². The average molecular weight is 103 g/mol. The van der Waals surface area contributed by atoms with Gasteiger partial charge in [0.1, 0.15) is 0 Å². The van der Waals surface area contributed by atoms with Crippen LogP contribution in [0, 0.1) is 5.54 Å². The van der Waals surface area contributed by atoms with E-state index in [0.717, 1.165) is 5.54 Å². The monoisotopic (exact) mass is 102 g/mol. The van der Waals surface area contributed by atoms with Gasteiger partial charge in [-0.15, -0.1) is 11.6 Å². The van der Waals surface area contributed by atoms with Crippen molar-refractivity contribution in [1.82, 2.24) is 0 Å². The molecule has 24 valence electrons. The Hall–Kier alpha value is 0.917. The van der Waals surface area contributed by atoms with Crippen LogP contribution in [0.4, 0.5) is 0 Å². The third-order valence-electron chi connectivity index (χ3n) is 0.0412. The Labute approximate surface area is 53.3 Å². The van der Waals surface area contributed by atoms with Gasteiger partial charge < -0.3 is 17.1 Å². The van der Waals surface area contributed by atoms with Crippen molar-refractivity contribution in [3.05, 3.63) is 11.1 Å². The molecule has 0 radical (unpaired) electrons. The quantitative estimate of drug-likeness (QED) is 0.265. The summed E-state index contributed by atoms with van der Waals surface area (Å²) < 4.78 is 0. The summed E-state index contributed by atoms with van der Waals surface area (Å²) in [5.41, 5.74) is 3.16. The molecule has 0 N–H and O–H groups in total. The molecule has 0 aromatic carbocycles. The molecular weight excluding hydrogens is 102 g/mol. The Morgan fingerprint density at radius 1 is 1.60 bits per heavy atom. The zero-order valence-corrected chi connectivity index (χ0v) is 4.35. The summed E-state index contributed by atoms with van der Waals surface area (Å²) >= 11 is 9.57. The molecule has 3 heteroatoms. The summed E-state index contributed by atoms with van der Waals surface area (Å²) in [4.78, 5) is 0. The van der Waals surface area contributed by atoms with Crippen LogP contribution in [0.25, 0.3) is 0 Å². The predicted molar refractivity (Wildman–Crippen MR) is 19.5 cm³/mol. The maximum absolute atomic E-state index is 4.82. The Morgan fingerprint density at radius 3 is 1.80 bits per heavy atom. The molecule has 0 saturated carbocycles. The van der Waals surface area contributed by atoms with Crippen LogP contribution in [-0.2, 0) is 0 Å². The fourth-order valence-electron chi connectivity index (χ4n) is 0. The van der Waals surface area contributed by atoms with Crippen LogP contribution in [0.3, 0.4) is 0 Å². The largest absolute Gasteiger partial charge is 1.00 e. The molecule has 0 rings (SSSR count). The molecule has 0 fully saturated rings. The zero-order chi connectivity index (χ0) is 3.41. The van der Waals surface area contributed by atoms with Crippen molar-refractivity contribution in [2.24, 2.45) is 0 Å². The normalized spacial score (nSPS) is 7.60. The van der Waals surface area contributed by atoms with Crippen molar-refractivity contribution in [2.75, 3.05) is 0 Å². The molecule has 0 unspecified atom stereocenters. The van der Waals surface area contributed by atoms with Gasteiger partial charge in [-0.25, -0.2) is 0 Å². The van der Waals surface area contributed by atoms with Crippen LogP contribution in [-0.4, -0.2) is 0 Å². The maximum atomic E-state index is 4.82. The average Bonchev–Trinajstić information content (AvgIpc) is 1.37. The summed E-state index contributed by atoms with van der Waals surface area (Å²) in [6.07, 6.45) is 0. The fourth-order valence-corrected chi connectivity index (χ4v) is 0. The van der Waals surface area contributed by atoms with Crippen LogP contribution in [0.5, 0.6) is 0 Å². The van der Waals surface area contributed by atoms with Gasteiger partial charge >= 0.3 is 18.9 Å². The molecule has 0 saturated heterocycles. The van der Waals surface area contributed by atoms with Crippen molar-refractivity contribution in [3.63, 3.8) is 0 Å². The molecule has 0 amide bonds. The summed E-state index contributed by atoms with van der Waals surface area (Å²) in [6.45, 7) is 0. The summed E-state index contributed by atoms with van der Waals surface area (Å²) in [5, 5.41) is 0. The Bertz CT molecular complexity index is 22.8. The maximum Gasteiger partial charge on any atom is 1.00 e. The third-order valence-corrected chi connectivity index (χ3v) is 0.371. The van der Waals surface area contributed by atoms with E-state index in [4.69, 9.17) is 23.2 Å². The Balaban J connectivity index is 0. The molecule has 5 heavy (non-hydrogen) atoms. The number of halogens is 2. The SMILES string of the molecule is Cl[C-]=CCl.[Li+]. The second-order valence-corrected chi connectivity index (χ2v) is 0.655. The molecule has 0 spiro atoms. The zero-order valence-electron chi connectivity index (χ0n) is 2.83. The summed E-state index contributed by atoms with van der Waals surface area (Å²) in [5.74, 6) is 0. The van der Waals surface area contributed by atoms with Gasteiger partial charge in [0.05, 0.1) is 0 Å². The van der Waals surface area contributed by atoms with Crippen molar-refractivity contribution in [3.8, 4) is 0 Å². The molecule has 0 aliphatic rings. The van der Waals surface area contributed by atoms with E-state index in [-0.39, 0.29) is 18.9 Å². The van der Waals surface area contributed by atoms with Gasteiger partial charge in [-0.2, -0.15) is 5.54 Å². The Kier molecular flexibility index (Phi) is 16.5. The summed E-state index contributed by atoms with van der Waals surface area (Å²) in [7, 11) is 0. The van der Waals surface area contributed by atoms with Crippen molar-refractivity contribution < 1.29 is 18.9 Å². The van der Waals surface area contributed by atoms with Gasteiger partial charge in [0.25, 0.3) is 0 Å². The smallest absolute Gasteiger partial charge is 0.386 e. The predicted octanol–water partition coefficient (Wildman–Crippen LogP) is -1.26. The minimum atomic E-state index is 0. The number of hydrogen-bond donors (Lipinski definition) is 0. The van der Waals surface area contributed by atoms with E-state index in [9.17, 15) is 0 Å². The van der Waals surface area contributed by atoms with Crippen molar-refractivity contribution in [1.29, 1.82) is 0 Å². The molecule has 0 aromatic heterocycles. The van der Waals surface area contributed by atoms with Gasteiger partial charge in [0, 0.05) is 0 Å². The molecule has 0 heterocycles. The molecule has 0 atom stereocenters. The van der Waals surface area contributed by atoms with Crippen LogP contribution < -0.4 is 18.9 Å². The van der Waals surface area contributed by atoms with E-state index in [1.165, 1.54) is 0 Å². The van der Waals surface area contributed by atoms with Gasteiger partial charge in [0.15, 0.2) is 0 Å². The van der Waals surface area contributed by atoms with E-state index in [0.29, 0.717) is 0 Å². The first kappa shape index (κ1) is 9.32. The first-order valence-corrected chi connectivity index (χ1v) is 1.51.